The molecule has 0 saturated heterocycles. The number of thiocarbonyl (C=S) groups is 1. The summed E-state index contributed by atoms with van der Waals surface area (Å²) in [7, 11) is 0. The molecule has 0 fully saturated rings. The summed E-state index contributed by atoms with van der Waals surface area (Å²) in [6.07, 6.45) is 0.885. The van der Waals surface area contributed by atoms with E-state index < -0.39 is 0 Å². The van der Waals surface area contributed by atoms with Gasteiger partial charge < -0.3 is 0 Å². The van der Waals surface area contributed by atoms with Crippen LogP contribution in [0.3, 0.4) is 0 Å². The molecule has 0 spiro atoms. The lowest BCUT2D eigenvalue weighted by Gasteiger charge is -2.09. The first-order valence-corrected chi connectivity index (χ1v) is 7.95. The molecule has 122 valence electrons. The van der Waals surface area contributed by atoms with E-state index in [2.05, 4.69) is 26.2 Å². The van der Waals surface area contributed by atoms with Crippen LogP contribution in [0.25, 0.3) is 10.8 Å². The number of nitrogens with one attached hydrogen (secondary N) is 2. The largest absolute Gasteiger partial charge is 0.300 e. The van der Waals surface area contributed by atoms with Crippen molar-refractivity contribution in [2.45, 2.75) is 19.9 Å². The number of fused-ring (bicyclic) bond motifs is 1. The molecular formula is C16H16N6OS. The number of tetrazole rings is 1. The van der Waals surface area contributed by atoms with Gasteiger partial charge in [0, 0.05) is 12.1 Å². The van der Waals surface area contributed by atoms with Crippen LogP contribution in [0.4, 0.5) is 5.95 Å². The Morgan fingerprint density at radius 3 is 2.79 bits per heavy atom. The van der Waals surface area contributed by atoms with Crippen molar-refractivity contribution in [1.29, 1.82) is 0 Å². The molecule has 2 aromatic carbocycles. The zero-order valence-electron chi connectivity index (χ0n) is 13.1. The number of carbonyl (C=O) groups is 1. The molecule has 1 heterocycles. The fraction of sp³-hybridized carbons (Fsp3) is 0.188. The summed E-state index contributed by atoms with van der Waals surface area (Å²) in [5.74, 6) is 0.119. The Kier molecular flexibility index (Phi) is 4.76. The summed E-state index contributed by atoms with van der Waals surface area (Å²) in [6.45, 7) is 2.68. The third kappa shape index (κ3) is 3.54. The van der Waals surface area contributed by atoms with Crippen molar-refractivity contribution in [1.82, 2.24) is 25.5 Å². The number of rotatable bonds is 4. The van der Waals surface area contributed by atoms with Crippen molar-refractivity contribution < 1.29 is 4.79 Å². The van der Waals surface area contributed by atoms with Crippen LogP contribution in [0.15, 0.2) is 42.5 Å². The maximum Gasteiger partial charge on any atom is 0.257 e. The molecule has 7 nitrogen and oxygen atoms in total. The Morgan fingerprint density at radius 1 is 1.21 bits per heavy atom. The van der Waals surface area contributed by atoms with Gasteiger partial charge in [-0.05, 0) is 52.0 Å². The fourth-order valence-corrected chi connectivity index (χ4v) is 2.48. The summed E-state index contributed by atoms with van der Waals surface area (Å²) in [6, 6.07) is 13.3. The van der Waals surface area contributed by atoms with Crippen LogP contribution in [0.1, 0.15) is 23.7 Å². The highest BCUT2D eigenvalue weighted by molar-refractivity contribution is 7.80. The number of amides is 1. The van der Waals surface area contributed by atoms with E-state index in [-0.39, 0.29) is 11.0 Å². The van der Waals surface area contributed by atoms with Gasteiger partial charge in [-0.15, -0.1) is 0 Å². The Morgan fingerprint density at radius 2 is 2.00 bits per heavy atom. The van der Waals surface area contributed by atoms with Gasteiger partial charge >= 0.3 is 0 Å². The van der Waals surface area contributed by atoms with E-state index in [1.165, 1.54) is 0 Å². The Bertz CT molecular complexity index is 891. The van der Waals surface area contributed by atoms with E-state index in [0.29, 0.717) is 18.1 Å². The Balaban J connectivity index is 1.68. The van der Waals surface area contributed by atoms with E-state index >= 15 is 0 Å². The van der Waals surface area contributed by atoms with Gasteiger partial charge in [-0.3, -0.25) is 15.4 Å². The molecule has 0 bridgehead atoms. The lowest BCUT2D eigenvalue weighted by molar-refractivity contribution is 0.0978. The molecule has 0 aliphatic heterocycles. The second kappa shape index (κ2) is 7.14. The fourth-order valence-electron chi connectivity index (χ4n) is 2.30. The highest BCUT2D eigenvalue weighted by Crippen LogP contribution is 2.15. The van der Waals surface area contributed by atoms with Crippen molar-refractivity contribution in [3.8, 4) is 0 Å². The van der Waals surface area contributed by atoms with Crippen LogP contribution >= 0.6 is 12.2 Å². The Hall–Kier alpha value is -2.87. The second-order valence-electron chi connectivity index (χ2n) is 5.20. The molecule has 2 N–H and O–H groups in total. The molecule has 0 atom stereocenters. The van der Waals surface area contributed by atoms with Gasteiger partial charge in [0.25, 0.3) is 5.91 Å². The first-order chi connectivity index (χ1) is 11.7. The SMILES string of the molecule is CCCn1nnnc1NC(=S)NC(=O)c1ccc2ccccc2c1. The molecule has 8 heteroatoms. The third-order valence-electron chi connectivity index (χ3n) is 3.43. The van der Waals surface area contributed by atoms with E-state index in [4.69, 9.17) is 12.2 Å². The van der Waals surface area contributed by atoms with Gasteiger partial charge in [-0.2, -0.15) is 0 Å². The zero-order chi connectivity index (χ0) is 16.9. The first-order valence-electron chi connectivity index (χ1n) is 7.54. The number of hydrogen-bond acceptors (Lipinski definition) is 5. The quantitative estimate of drug-likeness (QED) is 0.709. The number of anilines is 1. The van der Waals surface area contributed by atoms with Gasteiger partial charge in [0.2, 0.25) is 5.95 Å². The standard InChI is InChI=1S/C16H16N6OS/c1-2-9-22-15(19-20-21-22)18-16(24)17-14(23)13-8-7-11-5-3-4-6-12(11)10-13/h3-8,10H,2,9H2,1H3,(H2,17,18,19,21,23,24). The minimum Gasteiger partial charge on any atom is -0.300 e. The van der Waals surface area contributed by atoms with Crippen LogP contribution in [0.2, 0.25) is 0 Å². The van der Waals surface area contributed by atoms with Crippen LogP contribution in [-0.4, -0.2) is 31.2 Å². The number of nitrogens with zero attached hydrogens (tertiary/aromatic N) is 4. The minimum absolute atomic E-state index is 0.153. The van der Waals surface area contributed by atoms with E-state index in [0.717, 1.165) is 17.2 Å². The van der Waals surface area contributed by atoms with Crippen molar-refractivity contribution in [3.63, 3.8) is 0 Å². The summed E-state index contributed by atoms with van der Waals surface area (Å²) in [4.78, 5) is 12.3. The number of aromatic nitrogens is 4. The summed E-state index contributed by atoms with van der Waals surface area (Å²) in [5, 5.41) is 19.0. The van der Waals surface area contributed by atoms with Crippen LogP contribution < -0.4 is 10.6 Å². The zero-order valence-corrected chi connectivity index (χ0v) is 13.9. The van der Waals surface area contributed by atoms with Crippen molar-refractivity contribution >= 4 is 40.0 Å². The maximum atomic E-state index is 12.3. The maximum absolute atomic E-state index is 12.3. The third-order valence-corrected chi connectivity index (χ3v) is 3.64. The van der Waals surface area contributed by atoms with Crippen molar-refractivity contribution in [2.24, 2.45) is 0 Å². The predicted molar refractivity (Wildman–Crippen MR) is 95.7 cm³/mol. The molecule has 1 amide bonds. The summed E-state index contributed by atoms with van der Waals surface area (Å²) >= 11 is 5.17. The average molecular weight is 340 g/mol. The number of aryl methyl sites for hydroxylation is 1. The van der Waals surface area contributed by atoms with Gasteiger partial charge in [-0.25, -0.2) is 4.68 Å². The van der Waals surface area contributed by atoms with Gasteiger partial charge in [0.05, 0.1) is 0 Å². The normalized spacial score (nSPS) is 10.5. The highest BCUT2D eigenvalue weighted by Gasteiger charge is 2.11. The minimum atomic E-state index is -0.284. The van der Waals surface area contributed by atoms with Crippen molar-refractivity contribution in [2.75, 3.05) is 5.32 Å². The molecule has 0 saturated carbocycles. The predicted octanol–water partition coefficient (Wildman–Crippen LogP) is 2.36. The monoisotopic (exact) mass is 340 g/mol. The van der Waals surface area contributed by atoms with E-state index in [1.54, 1.807) is 10.7 Å². The second-order valence-corrected chi connectivity index (χ2v) is 5.60. The topological polar surface area (TPSA) is 84.7 Å². The average Bonchev–Trinajstić information content (AvgIpc) is 3.01. The van der Waals surface area contributed by atoms with Crippen LogP contribution in [0, 0.1) is 0 Å². The highest BCUT2D eigenvalue weighted by atomic mass is 32.1. The molecule has 3 rings (SSSR count). The lowest BCUT2D eigenvalue weighted by atomic mass is 10.1. The van der Waals surface area contributed by atoms with Gasteiger partial charge in [0.15, 0.2) is 5.11 Å². The summed E-state index contributed by atoms with van der Waals surface area (Å²) < 4.78 is 1.59. The molecule has 0 aliphatic carbocycles. The van der Waals surface area contributed by atoms with Gasteiger partial charge in [0.1, 0.15) is 0 Å². The van der Waals surface area contributed by atoms with Crippen LogP contribution in [0.5, 0.6) is 0 Å². The van der Waals surface area contributed by atoms with Crippen molar-refractivity contribution in [3.05, 3.63) is 48.0 Å². The number of hydrogen-bond donors (Lipinski definition) is 2. The number of benzene rings is 2. The van der Waals surface area contributed by atoms with E-state index in [9.17, 15) is 4.79 Å². The first kappa shape index (κ1) is 16.0. The van der Waals surface area contributed by atoms with Gasteiger partial charge in [-0.1, -0.05) is 42.4 Å². The molecule has 24 heavy (non-hydrogen) atoms. The molecule has 0 aliphatic rings. The number of carbonyl (C=O) groups excluding carboxylic acids is 1. The summed E-state index contributed by atoms with van der Waals surface area (Å²) in [5.41, 5.74) is 0.533. The Labute approximate surface area is 144 Å². The smallest absolute Gasteiger partial charge is 0.257 e. The lowest BCUT2D eigenvalue weighted by Crippen LogP contribution is -2.35. The molecule has 0 unspecified atom stereocenters. The molecule has 1 aromatic heterocycles. The van der Waals surface area contributed by atoms with Crippen LogP contribution in [-0.2, 0) is 6.54 Å². The molecular weight excluding hydrogens is 324 g/mol. The molecule has 3 aromatic rings. The molecule has 0 radical (unpaired) electrons. The van der Waals surface area contributed by atoms with E-state index in [1.807, 2.05) is 43.3 Å².